The molecule has 2 heterocycles. The number of carbonyl (C=O) groups is 1. The minimum Gasteiger partial charge on any atom is -0.381 e. The van der Waals surface area contributed by atoms with Crippen LogP contribution in [0.15, 0.2) is 18.2 Å². The molecule has 1 aliphatic heterocycles. The van der Waals surface area contributed by atoms with E-state index in [2.05, 4.69) is 20.7 Å². The van der Waals surface area contributed by atoms with Gasteiger partial charge in [-0.15, -0.1) is 12.4 Å². The number of nitrogens with two attached hydrogens (primary N) is 1. The number of H-pyrrole nitrogens is 1. The molecule has 0 spiro atoms. The maximum absolute atomic E-state index is 12.5. The first-order chi connectivity index (χ1) is 9.73. The first kappa shape index (κ1) is 15.7. The average molecular weight is 312 g/mol. The van der Waals surface area contributed by atoms with Gasteiger partial charge in [-0.2, -0.15) is 15.4 Å². The standard InChI is InChI=1S/C13H17N5O2.ClH/c14-8-13(3-5-20-6-4-13)12(19)15-9-1-2-10-11(7-9)17-18-16-10;/h1-2,7H,3-6,8,14H2,(H,15,19)(H,16,17,18);1H. The average Bonchev–Trinajstić information content (AvgIpc) is 2.95. The van der Waals surface area contributed by atoms with Crippen LogP contribution in [0.5, 0.6) is 0 Å². The zero-order valence-electron chi connectivity index (χ0n) is 11.5. The second-order valence-corrected chi connectivity index (χ2v) is 5.08. The third-order valence-corrected chi connectivity index (χ3v) is 3.90. The van der Waals surface area contributed by atoms with E-state index in [1.54, 1.807) is 6.07 Å². The lowest BCUT2D eigenvalue weighted by Gasteiger charge is -2.34. The first-order valence-electron chi connectivity index (χ1n) is 6.63. The topological polar surface area (TPSA) is 106 Å². The minimum absolute atomic E-state index is 0. The zero-order valence-corrected chi connectivity index (χ0v) is 12.3. The van der Waals surface area contributed by atoms with Gasteiger partial charge in [-0.05, 0) is 31.0 Å². The molecule has 3 rings (SSSR count). The van der Waals surface area contributed by atoms with Gasteiger partial charge in [0.15, 0.2) is 0 Å². The summed E-state index contributed by atoms with van der Waals surface area (Å²) in [4.78, 5) is 12.5. The minimum atomic E-state index is -0.531. The Balaban J connectivity index is 0.00000161. The lowest BCUT2D eigenvalue weighted by molar-refractivity contribution is -0.130. The van der Waals surface area contributed by atoms with E-state index >= 15 is 0 Å². The maximum atomic E-state index is 12.5. The summed E-state index contributed by atoms with van der Waals surface area (Å²) in [6.07, 6.45) is 1.31. The second kappa shape index (κ2) is 6.38. The van der Waals surface area contributed by atoms with Crippen LogP contribution < -0.4 is 11.1 Å². The Morgan fingerprint density at radius 1 is 1.33 bits per heavy atom. The largest absolute Gasteiger partial charge is 0.381 e. The highest BCUT2D eigenvalue weighted by Gasteiger charge is 2.38. The number of hydrogen-bond donors (Lipinski definition) is 3. The van der Waals surface area contributed by atoms with Gasteiger partial charge in [0.1, 0.15) is 11.0 Å². The smallest absolute Gasteiger partial charge is 0.232 e. The number of nitrogens with zero attached hydrogens (tertiary/aromatic N) is 2. The van der Waals surface area contributed by atoms with Gasteiger partial charge < -0.3 is 15.8 Å². The van der Waals surface area contributed by atoms with Crippen molar-refractivity contribution in [2.45, 2.75) is 12.8 Å². The number of halogens is 1. The number of rotatable bonds is 3. The van der Waals surface area contributed by atoms with Crippen LogP contribution in [0.4, 0.5) is 5.69 Å². The van der Waals surface area contributed by atoms with Crippen LogP contribution in [0.25, 0.3) is 11.0 Å². The van der Waals surface area contributed by atoms with Crippen LogP contribution in [0.1, 0.15) is 12.8 Å². The van der Waals surface area contributed by atoms with Crippen molar-refractivity contribution in [2.75, 3.05) is 25.1 Å². The molecule has 0 bridgehead atoms. The molecule has 0 atom stereocenters. The predicted octanol–water partition coefficient (Wildman–Crippen LogP) is 1.07. The van der Waals surface area contributed by atoms with E-state index in [-0.39, 0.29) is 18.3 Å². The van der Waals surface area contributed by atoms with Crippen molar-refractivity contribution in [1.82, 2.24) is 15.4 Å². The number of benzene rings is 1. The van der Waals surface area contributed by atoms with Crippen molar-refractivity contribution in [1.29, 1.82) is 0 Å². The number of fused-ring (bicyclic) bond motifs is 1. The van der Waals surface area contributed by atoms with E-state index < -0.39 is 5.41 Å². The molecule has 114 valence electrons. The molecule has 0 unspecified atom stereocenters. The summed E-state index contributed by atoms with van der Waals surface area (Å²) >= 11 is 0. The third kappa shape index (κ3) is 2.99. The van der Waals surface area contributed by atoms with Gasteiger partial charge in [0.2, 0.25) is 5.91 Å². The van der Waals surface area contributed by atoms with E-state index in [4.69, 9.17) is 10.5 Å². The highest BCUT2D eigenvalue weighted by atomic mass is 35.5. The van der Waals surface area contributed by atoms with Crippen molar-refractivity contribution in [3.63, 3.8) is 0 Å². The van der Waals surface area contributed by atoms with Crippen LogP contribution in [0.2, 0.25) is 0 Å². The molecule has 1 saturated heterocycles. The van der Waals surface area contributed by atoms with Crippen LogP contribution in [-0.4, -0.2) is 41.1 Å². The van der Waals surface area contributed by atoms with Crippen molar-refractivity contribution >= 4 is 35.0 Å². The normalized spacial score (nSPS) is 17.2. The highest BCUT2D eigenvalue weighted by molar-refractivity contribution is 5.97. The van der Waals surface area contributed by atoms with Gasteiger partial charge in [0.25, 0.3) is 0 Å². The summed E-state index contributed by atoms with van der Waals surface area (Å²) in [6.45, 7) is 1.48. The number of anilines is 1. The van der Waals surface area contributed by atoms with Gasteiger partial charge in [-0.25, -0.2) is 0 Å². The maximum Gasteiger partial charge on any atom is 0.232 e. The van der Waals surface area contributed by atoms with Crippen molar-refractivity contribution in [3.05, 3.63) is 18.2 Å². The van der Waals surface area contributed by atoms with E-state index in [1.165, 1.54) is 0 Å². The monoisotopic (exact) mass is 311 g/mol. The van der Waals surface area contributed by atoms with Gasteiger partial charge in [0.05, 0.1) is 5.41 Å². The molecule has 8 heteroatoms. The Labute approximate surface area is 128 Å². The lowest BCUT2D eigenvalue weighted by atomic mass is 9.79. The molecule has 1 fully saturated rings. The molecule has 0 radical (unpaired) electrons. The van der Waals surface area contributed by atoms with E-state index in [0.29, 0.717) is 38.3 Å². The van der Waals surface area contributed by atoms with Crippen LogP contribution in [0.3, 0.4) is 0 Å². The van der Waals surface area contributed by atoms with Crippen LogP contribution >= 0.6 is 12.4 Å². The summed E-state index contributed by atoms with van der Waals surface area (Å²) < 4.78 is 5.32. The molecule has 21 heavy (non-hydrogen) atoms. The number of amides is 1. The number of carbonyl (C=O) groups excluding carboxylic acids is 1. The van der Waals surface area contributed by atoms with Gasteiger partial charge in [-0.1, -0.05) is 0 Å². The predicted molar refractivity (Wildman–Crippen MR) is 81.3 cm³/mol. The number of aromatic amines is 1. The Morgan fingerprint density at radius 2 is 2.05 bits per heavy atom. The van der Waals surface area contributed by atoms with Gasteiger partial charge in [-0.3, -0.25) is 4.79 Å². The lowest BCUT2D eigenvalue weighted by Crippen LogP contribution is -2.46. The SMILES string of the molecule is Cl.NCC1(C(=O)Nc2ccc3n[nH]nc3c2)CCOCC1. The molecule has 4 N–H and O–H groups in total. The first-order valence-corrected chi connectivity index (χ1v) is 6.63. The number of nitrogens with one attached hydrogen (secondary N) is 2. The molecular weight excluding hydrogens is 294 g/mol. The molecule has 1 aromatic carbocycles. The molecule has 1 aromatic heterocycles. The molecule has 1 aliphatic rings. The van der Waals surface area contributed by atoms with Crippen LogP contribution in [-0.2, 0) is 9.53 Å². The van der Waals surface area contributed by atoms with Crippen molar-refractivity contribution in [2.24, 2.45) is 11.1 Å². The summed E-state index contributed by atoms with van der Waals surface area (Å²) in [7, 11) is 0. The number of aromatic nitrogens is 3. The zero-order chi connectivity index (χ0) is 14.0. The number of hydrogen-bond acceptors (Lipinski definition) is 5. The Kier molecular flexibility index (Phi) is 4.76. The number of ether oxygens (including phenoxy) is 1. The van der Waals surface area contributed by atoms with Crippen LogP contribution in [0, 0.1) is 5.41 Å². The molecule has 0 aliphatic carbocycles. The fourth-order valence-corrected chi connectivity index (χ4v) is 2.47. The van der Waals surface area contributed by atoms with Crippen molar-refractivity contribution < 1.29 is 9.53 Å². The second-order valence-electron chi connectivity index (χ2n) is 5.08. The highest BCUT2D eigenvalue weighted by Crippen LogP contribution is 2.31. The fraction of sp³-hybridized carbons (Fsp3) is 0.462. The van der Waals surface area contributed by atoms with Crippen molar-refractivity contribution in [3.8, 4) is 0 Å². The Morgan fingerprint density at radius 3 is 2.76 bits per heavy atom. The summed E-state index contributed by atoms with van der Waals surface area (Å²) in [5.74, 6) is -0.0499. The fourth-order valence-electron chi connectivity index (χ4n) is 2.47. The summed E-state index contributed by atoms with van der Waals surface area (Å²) in [6, 6.07) is 5.42. The van der Waals surface area contributed by atoms with E-state index in [0.717, 1.165) is 11.0 Å². The molecule has 2 aromatic rings. The van der Waals surface area contributed by atoms with Gasteiger partial charge in [0, 0.05) is 25.4 Å². The molecule has 7 nitrogen and oxygen atoms in total. The molecule has 1 amide bonds. The Hall–Kier alpha value is -1.70. The summed E-state index contributed by atoms with van der Waals surface area (Å²) in [5, 5.41) is 13.5. The third-order valence-electron chi connectivity index (χ3n) is 3.90. The Bertz CT molecular complexity index is 624. The van der Waals surface area contributed by atoms with E-state index in [1.807, 2.05) is 12.1 Å². The quantitative estimate of drug-likeness (QED) is 0.786. The summed E-state index contributed by atoms with van der Waals surface area (Å²) in [5.41, 5.74) is 7.48. The van der Waals surface area contributed by atoms with Gasteiger partial charge >= 0.3 is 0 Å². The molecule has 0 saturated carbocycles. The molecular formula is C13H18ClN5O2. The van der Waals surface area contributed by atoms with E-state index in [9.17, 15) is 4.79 Å².